The van der Waals surface area contributed by atoms with E-state index in [1.54, 1.807) is 25.1 Å². The summed E-state index contributed by atoms with van der Waals surface area (Å²) < 4.78 is 18.1. The van der Waals surface area contributed by atoms with Crippen molar-refractivity contribution in [3.63, 3.8) is 0 Å². The number of nitrogens with one attached hydrogen (secondary N) is 1. The minimum atomic E-state index is -0.338. The fourth-order valence-electron chi connectivity index (χ4n) is 1.43. The van der Waals surface area contributed by atoms with Crippen LogP contribution < -0.4 is 5.32 Å². The summed E-state index contributed by atoms with van der Waals surface area (Å²) in [6.45, 7) is 1.78. The van der Waals surface area contributed by atoms with E-state index in [4.69, 9.17) is 4.52 Å². The van der Waals surface area contributed by atoms with Crippen molar-refractivity contribution < 1.29 is 13.7 Å². The highest BCUT2D eigenvalue weighted by Crippen LogP contribution is 2.08. The monoisotopic (exact) mass is 234 g/mol. The minimum Gasteiger partial charge on any atom is -0.361 e. The summed E-state index contributed by atoms with van der Waals surface area (Å²) in [5, 5.41) is 6.11. The van der Waals surface area contributed by atoms with Crippen molar-refractivity contribution in [1.82, 2.24) is 10.5 Å². The molecule has 0 fully saturated rings. The molecule has 0 saturated heterocycles. The third-order valence-corrected chi connectivity index (χ3v) is 2.39. The van der Waals surface area contributed by atoms with Gasteiger partial charge in [0.15, 0.2) is 0 Å². The second kappa shape index (κ2) is 4.78. The summed E-state index contributed by atoms with van der Waals surface area (Å²) in [6.07, 6.45) is 1.34. The highest BCUT2D eigenvalue weighted by atomic mass is 19.1. The number of hydrogen-bond acceptors (Lipinski definition) is 3. The Balaban J connectivity index is 2.02. The lowest BCUT2D eigenvalue weighted by atomic mass is 10.2. The van der Waals surface area contributed by atoms with Crippen molar-refractivity contribution in [2.75, 3.05) is 0 Å². The van der Waals surface area contributed by atoms with Crippen molar-refractivity contribution in [3.05, 3.63) is 53.2 Å². The Morgan fingerprint density at radius 1 is 1.47 bits per heavy atom. The molecule has 0 unspecified atom stereocenters. The molecule has 0 spiro atoms. The standard InChI is InChI=1S/C12H11FN2O2/c1-8-10(7-15-17-8)12(16)14-6-9-4-2-3-5-11(9)13/h2-5,7H,6H2,1H3,(H,14,16). The number of halogens is 1. The van der Waals surface area contributed by atoms with E-state index < -0.39 is 0 Å². The molecule has 0 aliphatic rings. The molecule has 4 nitrogen and oxygen atoms in total. The molecule has 0 aliphatic heterocycles. The van der Waals surface area contributed by atoms with Gasteiger partial charge in [-0.1, -0.05) is 23.4 Å². The van der Waals surface area contributed by atoms with Crippen LogP contribution in [0.1, 0.15) is 21.7 Å². The van der Waals surface area contributed by atoms with Crippen LogP contribution in [0.15, 0.2) is 35.0 Å². The molecule has 0 radical (unpaired) electrons. The number of carbonyl (C=O) groups is 1. The van der Waals surface area contributed by atoms with Crippen LogP contribution in [0, 0.1) is 12.7 Å². The molecule has 2 aromatic rings. The van der Waals surface area contributed by atoms with Gasteiger partial charge in [-0.05, 0) is 13.0 Å². The van der Waals surface area contributed by atoms with Crippen LogP contribution in [0.5, 0.6) is 0 Å². The quantitative estimate of drug-likeness (QED) is 0.884. The molecule has 0 saturated carbocycles. The van der Waals surface area contributed by atoms with E-state index >= 15 is 0 Å². The number of hydrogen-bond donors (Lipinski definition) is 1. The Morgan fingerprint density at radius 3 is 2.88 bits per heavy atom. The van der Waals surface area contributed by atoms with Gasteiger partial charge in [0.25, 0.3) is 5.91 Å². The molecule has 88 valence electrons. The number of carbonyl (C=O) groups excluding carboxylic acids is 1. The molecule has 0 bridgehead atoms. The van der Waals surface area contributed by atoms with E-state index in [1.807, 2.05) is 0 Å². The van der Waals surface area contributed by atoms with Crippen LogP contribution in [-0.2, 0) is 6.54 Å². The zero-order valence-electron chi connectivity index (χ0n) is 9.24. The number of aryl methyl sites for hydroxylation is 1. The Hall–Kier alpha value is -2.17. The summed E-state index contributed by atoms with van der Waals surface area (Å²) in [6, 6.07) is 6.29. The molecule has 1 N–H and O–H groups in total. The van der Waals surface area contributed by atoms with Crippen molar-refractivity contribution >= 4 is 5.91 Å². The first-order chi connectivity index (χ1) is 8.18. The van der Waals surface area contributed by atoms with E-state index in [0.717, 1.165) is 0 Å². The van der Waals surface area contributed by atoms with Gasteiger partial charge >= 0.3 is 0 Å². The van der Waals surface area contributed by atoms with E-state index in [0.29, 0.717) is 16.9 Å². The highest BCUT2D eigenvalue weighted by molar-refractivity contribution is 5.94. The van der Waals surface area contributed by atoms with Gasteiger partial charge in [0.2, 0.25) is 0 Å². The Bertz CT molecular complexity index is 537. The highest BCUT2D eigenvalue weighted by Gasteiger charge is 2.12. The number of rotatable bonds is 3. The molecule has 1 aromatic carbocycles. The molecule has 2 rings (SSSR count). The summed E-state index contributed by atoms with van der Waals surface area (Å²) in [4.78, 5) is 11.7. The fraction of sp³-hybridized carbons (Fsp3) is 0.167. The molecule has 5 heteroatoms. The fourth-order valence-corrected chi connectivity index (χ4v) is 1.43. The third-order valence-electron chi connectivity index (χ3n) is 2.39. The maximum atomic E-state index is 13.3. The predicted molar refractivity (Wildman–Crippen MR) is 58.8 cm³/mol. The number of amides is 1. The minimum absolute atomic E-state index is 0.135. The molecule has 1 amide bonds. The van der Waals surface area contributed by atoms with Crippen LogP contribution >= 0.6 is 0 Å². The van der Waals surface area contributed by atoms with Gasteiger partial charge < -0.3 is 9.84 Å². The smallest absolute Gasteiger partial charge is 0.256 e. The third kappa shape index (κ3) is 2.50. The van der Waals surface area contributed by atoms with Crippen LogP contribution in [-0.4, -0.2) is 11.1 Å². The van der Waals surface area contributed by atoms with Crippen molar-refractivity contribution in [3.8, 4) is 0 Å². The first-order valence-corrected chi connectivity index (χ1v) is 5.11. The molecule has 0 aliphatic carbocycles. The molecule has 1 heterocycles. The summed E-state index contributed by atoms with van der Waals surface area (Å²) >= 11 is 0. The SMILES string of the molecule is Cc1oncc1C(=O)NCc1ccccc1F. The maximum absolute atomic E-state index is 13.3. The average Bonchev–Trinajstić information content (AvgIpc) is 2.74. The van der Waals surface area contributed by atoms with Crippen molar-refractivity contribution in [2.24, 2.45) is 0 Å². The van der Waals surface area contributed by atoms with E-state index in [1.165, 1.54) is 12.3 Å². The Labute approximate surface area is 97.4 Å². The molecule has 1 aromatic heterocycles. The van der Waals surface area contributed by atoms with Crippen molar-refractivity contribution in [1.29, 1.82) is 0 Å². The maximum Gasteiger partial charge on any atom is 0.256 e. The van der Waals surface area contributed by atoms with E-state index in [9.17, 15) is 9.18 Å². The van der Waals surface area contributed by atoms with Gasteiger partial charge in [0.05, 0.1) is 6.20 Å². The van der Waals surface area contributed by atoms with E-state index in [2.05, 4.69) is 10.5 Å². The second-order valence-corrected chi connectivity index (χ2v) is 3.57. The molecule has 0 atom stereocenters. The van der Waals surface area contributed by atoms with Gasteiger partial charge in [0, 0.05) is 12.1 Å². The largest absolute Gasteiger partial charge is 0.361 e. The molecule has 17 heavy (non-hydrogen) atoms. The second-order valence-electron chi connectivity index (χ2n) is 3.57. The molecular weight excluding hydrogens is 223 g/mol. The van der Waals surface area contributed by atoms with Gasteiger partial charge in [-0.15, -0.1) is 0 Å². The summed E-state index contributed by atoms with van der Waals surface area (Å²) in [7, 11) is 0. The summed E-state index contributed by atoms with van der Waals surface area (Å²) in [5.41, 5.74) is 0.802. The first-order valence-electron chi connectivity index (χ1n) is 5.11. The molecular formula is C12H11FN2O2. The van der Waals surface area contributed by atoms with Gasteiger partial charge in [-0.3, -0.25) is 4.79 Å². The number of nitrogens with zero attached hydrogens (tertiary/aromatic N) is 1. The topological polar surface area (TPSA) is 55.1 Å². The lowest BCUT2D eigenvalue weighted by molar-refractivity contribution is 0.0949. The first kappa shape index (κ1) is 11.3. The number of aromatic nitrogens is 1. The lowest BCUT2D eigenvalue weighted by Crippen LogP contribution is -2.23. The summed E-state index contributed by atoms with van der Waals surface area (Å²) in [5.74, 6) is -0.224. The normalized spacial score (nSPS) is 10.2. The van der Waals surface area contributed by atoms with E-state index in [-0.39, 0.29) is 18.3 Å². The number of benzene rings is 1. The van der Waals surface area contributed by atoms with Gasteiger partial charge in [-0.2, -0.15) is 0 Å². The van der Waals surface area contributed by atoms with Crippen molar-refractivity contribution in [2.45, 2.75) is 13.5 Å². The lowest BCUT2D eigenvalue weighted by Gasteiger charge is -2.04. The Kier molecular flexibility index (Phi) is 3.18. The van der Waals surface area contributed by atoms with Gasteiger partial charge in [0.1, 0.15) is 17.1 Å². The van der Waals surface area contributed by atoms with Crippen LogP contribution in [0.3, 0.4) is 0 Å². The Morgan fingerprint density at radius 2 is 2.24 bits per heavy atom. The average molecular weight is 234 g/mol. The van der Waals surface area contributed by atoms with Crippen LogP contribution in [0.4, 0.5) is 4.39 Å². The zero-order valence-corrected chi connectivity index (χ0v) is 9.24. The van der Waals surface area contributed by atoms with Crippen LogP contribution in [0.25, 0.3) is 0 Å². The van der Waals surface area contributed by atoms with Crippen LogP contribution in [0.2, 0.25) is 0 Å². The van der Waals surface area contributed by atoms with Gasteiger partial charge in [-0.25, -0.2) is 4.39 Å². The predicted octanol–water partition coefficient (Wildman–Crippen LogP) is 2.05. The zero-order chi connectivity index (χ0) is 12.3.